The predicted molar refractivity (Wildman–Crippen MR) is 86.7 cm³/mol. The molecule has 3 aromatic rings. The van der Waals surface area contributed by atoms with E-state index in [4.69, 9.17) is 11.1 Å². The molecule has 3 rings (SSSR count). The molecule has 1 aromatic heterocycles. The first-order valence-electron chi connectivity index (χ1n) is 7.05. The highest BCUT2D eigenvalue weighted by Gasteiger charge is 2.25. The fourth-order valence-corrected chi connectivity index (χ4v) is 2.63. The number of phenols is 1. The Morgan fingerprint density at radius 2 is 1.67 bits per heavy atom. The van der Waals surface area contributed by atoms with Gasteiger partial charge in [-0.05, 0) is 36.4 Å². The second-order valence-corrected chi connectivity index (χ2v) is 5.25. The minimum absolute atomic E-state index is 0.0556. The molecule has 0 fully saturated rings. The van der Waals surface area contributed by atoms with E-state index in [1.807, 2.05) is 0 Å². The van der Waals surface area contributed by atoms with Crippen molar-refractivity contribution < 1.29 is 13.9 Å². The van der Waals surface area contributed by atoms with Crippen LogP contribution in [0.5, 0.6) is 5.75 Å². The van der Waals surface area contributed by atoms with Crippen LogP contribution < -0.4 is 5.73 Å². The summed E-state index contributed by atoms with van der Waals surface area (Å²) in [5, 5.41) is 21.4. The summed E-state index contributed by atoms with van der Waals surface area (Å²) >= 11 is 0. The minimum Gasteiger partial charge on any atom is -0.508 e. The highest BCUT2D eigenvalue weighted by atomic mass is 19.1. The largest absolute Gasteiger partial charge is 0.508 e. The molecule has 2 aromatic carbocycles. The molecule has 0 aliphatic rings. The second kappa shape index (κ2) is 5.77. The molecule has 0 saturated carbocycles. The molecule has 4 N–H and O–H groups in total. The zero-order valence-corrected chi connectivity index (χ0v) is 12.7. The molecule has 1 heterocycles. The van der Waals surface area contributed by atoms with E-state index in [1.54, 1.807) is 19.2 Å². The summed E-state index contributed by atoms with van der Waals surface area (Å²) in [6, 6.07) is 9.57. The number of nitrogens with two attached hydrogens (primary N) is 1. The first kappa shape index (κ1) is 15.7. The third-order valence-electron chi connectivity index (χ3n) is 3.66. The van der Waals surface area contributed by atoms with Gasteiger partial charge in [-0.15, -0.1) is 0 Å². The lowest BCUT2D eigenvalue weighted by molar-refractivity contribution is 0.475. The van der Waals surface area contributed by atoms with Crippen LogP contribution in [0.4, 0.5) is 8.78 Å². The average molecular weight is 328 g/mol. The van der Waals surface area contributed by atoms with E-state index in [1.165, 1.54) is 22.9 Å². The molecule has 122 valence electrons. The Kier molecular flexibility index (Phi) is 3.76. The zero-order valence-electron chi connectivity index (χ0n) is 12.7. The van der Waals surface area contributed by atoms with Crippen LogP contribution in [0, 0.1) is 17.0 Å². The first-order chi connectivity index (χ1) is 11.4. The number of amidine groups is 1. The van der Waals surface area contributed by atoms with Crippen molar-refractivity contribution in [3.63, 3.8) is 0 Å². The van der Waals surface area contributed by atoms with Crippen molar-refractivity contribution in [3.8, 4) is 28.1 Å². The standard InChI is InChI=1S/C17H14F2N4O/c1-23-16(17(20)21)14(13-11(18)3-2-4-12(13)19)15(22-23)9-5-7-10(24)8-6-9/h2-8,24H,1H3,(H3,20,21). The maximum absolute atomic E-state index is 14.3. The van der Waals surface area contributed by atoms with Crippen molar-refractivity contribution in [1.29, 1.82) is 5.41 Å². The number of benzene rings is 2. The van der Waals surface area contributed by atoms with Crippen LogP contribution in [0.2, 0.25) is 0 Å². The molecular formula is C17H14F2N4O. The number of aromatic hydroxyl groups is 1. The Morgan fingerprint density at radius 3 is 2.21 bits per heavy atom. The van der Waals surface area contributed by atoms with Crippen LogP contribution in [-0.4, -0.2) is 20.7 Å². The maximum Gasteiger partial charge on any atom is 0.142 e. The van der Waals surface area contributed by atoms with Crippen LogP contribution in [0.15, 0.2) is 42.5 Å². The Balaban J connectivity index is 2.38. The second-order valence-electron chi connectivity index (χ2n) is 5.25. The van der Waals surface area contributed by atoms with Gasteiger partial charge in [0, 0.05) is 18.2 Å². The Bertz CT molecular complexity index is 912. The van der Waals surface area contributed by atoms with Gasteiger partial charge in [-0.1, -0.05) is 6.07 Å². The SMILES string of the molecule is Cn1nc(-c2ccc(O)cc2)c(-c2c(F)cccc2F)c1C(=N)N. The van der Waals surface area contributed by atoms with Crippen LogP contribution in [0.3, 0.4) is 0 Å². The van der Waals surface area contributed by atoms with Crippen LogP contribution in [0.1, 0.15) is 5.69 Å². The molecule has 0 aliphatic carbocycles. The fraction of sp³-hybridized carbons (Fsp3) is 0.0588. The highest BCUT2D eigenvalue weighted by molar-refractivity contribution is 6.03. The summed E-state index contributed by atoms with van der Waals surface area (Å²) < 4.78 is 30.0. The van der Waals surface area contributed by atoms with Gasteiger partial charge in [-0.3, -0.25) is 10.1 Å². The topological polar surface area (TPSA) is 87.9 Å². The smallest absolute Gasteiger partial charge is 0.142 e. The molecule has 0 bridgehead atoms. The first-order valence-corrected chi connectivity index (χ1v) is 7.05. The number of aryl methyl sites for hydroxylation is 1. The number of nitrogens with one attached hydrogen (secondary N) is 1. The fourth-order valence-electron chi connectivity index (χ4n) is 2.63. The Hall–Kier alpha value is -3.22. The molecule has 0 saturated heterocycles. The molecule has 24 heavy (non-hydrogen) atoms. The molecule has 0 atom stereocenters. The van der Waals surface area contributed by atoms with Gasteiger partial charge in [0.15, 0.2) is 0 Å². The van der Waals surface area contributed by atoms with Crippen molar-refractivity contribution in [2.45, 2.75) is 0 Å². The summed E-state index contributed by atoms with van der Waals surface area (Å²) in [5.41, 5.74) is 6.34. The van der Waals surface area contributed by atoms with E-state index < -0.39 is 11.6 Å². The van der Waals surface area contributed by atoms with Gasteiger partial charge < -0.3 is 10.8 Å². The van der Waals surface area contributed by atoms with Crippen molar-refractivity contribution in [2.75, 3.05) is 0 Å². The third-order valence-corrected chi connectivity index (χ3v) is 3.66. The molecule has 0 radical (unpaired) electrons. The van der Waals surface area contributed by atoms with Crippen molar-refractivity contribution in [3.05, 3.63) is 59.8 Å². The summed E-state index contributed by atoms with van der Waals surface area (Å²) in [7, 11) is 1.54. The Labute approximate surface area is 136 Å². The maximum atomic E-state index is 14.3. The normalized spacial score (nSPS) is 10.8. The van der Waals surface area contributed by atoms with Gasteiger partial charge in [0.05, 0.1) is 5.56 Å². The van der Waals surface area contributed by atoms with E-state index >= 15 is 0 Å². The van der Waals surface area contributed by atoms with E-state index in [0.717, 1.165) is 12.1 Å². The summed E-state index contributed by atoms with van der Waals surface area (Å²) in [5.74, 6) is -1.84. The van der Waals surface area contributed by atoms with Gasteiger partial charge in [0.25, 0.3) is 0 Å². The Morgan fingerprint density at radius 1 is 1.08 bits per heavy atom. The number of nitrogen functional groups attached to an aromatic ring is 1. The van der Waals surface area contributed by atoms with E-state index in [9.17, 15) is 13.9 Å². The predicted octanol–water partition coefficient (Wildman–Crippen LogP) is 3.02. The zero-order chi connectivity index (χ0) is 17.4. The molecule has 5 nitrogen and oxygen atoms in total. The van der Waals surface area contributed by atoms with Crippen LogP contribution in [0.25, 0.3) is 22.4 Å². The third kappa shape index (κ3) is 2.50. The average Bonchev–Trinajstić information content (AvgIpc) is 2.85. The van der Waals surface area contributed by atoms with Crippen molar-refractivity contribution in [1.82, 2.24) is 9.78 Å². The van der Waals surface area contributed by atoms with E-state index in [-0.39, 0.29) is 34.1 Å². The van der Waals surface area contributed by atoms with Crippen LogP contribution >= 0.6 is 0 Å². The van der Waals surface area contributed by atoms with Gasteiger partial charge in [0.1, 0.15) is 34.6 Å². The van der Waals surface area contributed by atoms with Crippen LogP contribution in [-0.2, 0) is 7.05 Å². The highest BCUT2D eigenvalue weighted by Crippen LogP contribution is 2.37. The quantitative estimate of drug-likeness (QED) is 0.510. The number of aromatic nitrogens is 2. The van der Waals surface area contributed by atoms with E-state index in [0.29, 0.717) is 5.56 Å². The summed E-state index contributed by atoms with van der Waals surface area (Å²) in [6.07, 6.45) is 0. The lowest BCUT2D eigenvalue weighted by Gasteiger charge is -2.09. The number of phenolic OH excluding ortho intramolecular Hbond substituents is 1. The lowest BCUT2D eigenvalue weighted by atomic mass is 9.97. The molecular weight excluding hydrogens is 314 g/mol. The monoisotopic (exact) mass is 328 g/mol. The van der Waals surface area contributed by atoms with Gasteiger partial charge >= 0.3 is 0 Å². The molecule has 7 heteroatoms. The molecule has 0 amide bonds. The van der Waals surface area contributed by atoms with Crippen molar-refractivity contribution in [2.24, 2.45) is 12.8 Å². The van der Waals surface area contributed by atoms with E-state index in [2.05, 4.69) is 5.10 Å². The van der Waals surface area contributed by atoms with Gasteiger partial charge in [-0.2, -0.15) is 5.10 Å². The van der Waals surface area contributed by atoms with Crippen molar-refractivity contribution >= 4 is 5.84 Å². The lowest BCUT2D eigenvalue weighted by Crippen LogP contribution is -2.17. The summed E-state index contributed by atoms with van der Waals surface area (Å²) in [4.78, 5) is 0. The number of hydrogen-bond acceptors (Lipinski definition) is 3. The number of nitrogens with zero attached hydrogens (tertiary/aromatic N) is 2. The molecule has 0 spiro atoms. The minimum atomic E-state index is -0.773. The molecule has 0 aliphatic heterocycles. The van der Waals surface area contributed by atoms with Gasteiger partial charge in [-0.25, -0.2) is 8.78 Å². The number of rotatable bonds is 3. The number of hydrogen-bond donors (Lipinski definition) is 3. The summed E-state index contributed by atoms with van der Waals surface area (Å²) in [6.45, 7) is 0. The molecule has 0 unspecified atom stereocenters. The van der Waals surface area contributed by atoms with Gasteiger partial charge in [0.2, 0.25) is 0 Å². The number of halogens is 2.